The number of benzene rings is 1. The SMILES string of the molecule is COc1cc(CSc2nnc(C)o2)ccc1C(=N)N. The zero-order valence-corrected chi connectivity index (χ0v) is 11.5. The maximum atomic E-state index is 7.45. The third-order valence-electron chi connectivity index (χ3n) is 2.43. The van der Waals surface area contributed by atoms with E-state index >= 15 is 0 Å². The van der Waals surface area contributed by atoms with E-state index in [4.69, 9.17) is 20.3 Å². The molecular formula is C12H14N4O2S. The summed E-state index contributed by atoms with van der Waals surface area (Å²) in [6.07, 6.45) is 0. The summed E-state index contributed by atoms with van der Waals surface area (Å²) < 4.78 is 10.5. The lowest BCUT2D eigenvalue weighted by Gasteiger charge is -2.08. The number of rotatable bonds is 5. The van der Waals surface area contributed by atoms with Gasteiger partial charge in [-0.15, -0.1) is 10.2 Å². The minimum absolute atomic E-state index is 0.0106. The number of methoxy groups -OCH3 is 1. The van der Waals surface area contributed by atoms with Crippen LogP contribution >= 0.6 is 11.8 Å². The second-order valence-electron chi connectivity index (χ2n) is 3.82. The average molecular weight is 278 g/mol. The lowest BCUT2D eigenvalue weighted by Crippen LogP contribution is -2.12. The molecule has 0 aliphatic carbocycles. The van der Waals surface area contributed by atoms with E-state index in [1.54, 1.807) is 20.1 Å². The molecule has 6 nitrogen and oxygen atoms in total. The van der Waals surface area contributed by atoms with Crippen LogP contribution in [0.3, 0.4) is 0 Å². The van der Waals surface area contributed by atoms with E-state index in [0.717, 1.165) is 5.56 Å². The molecule has 0 radical (unpaired) electrons. The van der Waals surface area contributed by atoms with E-state index < -0.39 is 0 Å². The molecule has 0 fully saturated rings. The summed E-state index contributed by atoms with van der Waals surface area (Å²) in [4.78, 5) is 0. The van der Waals surface area contributed by atoms with Gasteiger partial charge in [0.1, 0.15) is 11.6 Å². The van der Waals surface area contributed by atoms with Crippen molar-refractivity contribution in [1.82, 2.24) is 10.2 Å². The minimum Gasteiger partial charge on any atom is -0.496 e. The third-order valence-corrected chi connectivity index (χ3v) is 3.32. The van der Waals surface area contributed by atoms with Gasteiger partial charge in [-0.2, -0.15) is 0 Å². The second kappa shape index (κ2) is 5.75. The molecule has 2 aromatic rings. The molecule has 3 N–H and O–H groups in total. The molecular weight excluding hydrogens is 264 g/mol. The number of hydrogen-bond acceptors (Lipinski definition) is 6. The Morgan fingerprint density at radius 1 is 1.47 bits per heavy atom. The van der Waals surface area contributed by atoms with Gasteiger partial charge in [-0.05, 0) is 17.7 Å². The Bertz CT molecular complexity index is 597. The van der Waals surface area contributed by atoms with Crippen LogP contribution in [-0.4, -0.2) is 23.1 Å². The van der Waals surface area contributed by atoms with Crippen molar-refractivity contribution in [2.45, 2.75) is 17.9 Å². The number of nitrogens with two attached hydrogens (primary N) is 1. The van der Waals surface area contributed by atoms with Crippen molar-refractivity contribution in [2.24, 2.45) is 5.73 Å². The predicted octanol–water partition coefficient (Wildman–Crippen LogP) is 1.96. The highest BCUT2D eigenvalue weighted by atomic mass is 32.2. The van der Waals surface area contributed by atoms with Crippen LogP contribution in [0.25, 0.3) is 0 Å². The van der Waals surface area contributed by atoms with Crippen molar-refractivity contribution in [3.63, 3.8) is 0 Å². The number of ether oxygens (including phenoxy) is 1. The largest absolute Gasteiger partial charge is 0.496 e. The van der Waals surface area contributed by atoms with Gasteiger partial charge in [0.05, 0.1) is 12.7 Å². The standard InChI is InChI=1S/C12H14N4O2S/c1-7-15-16-12(18-7)19-6-8-3-4-9(11(13)14)10(5-8)17-2/h3-5H,6H2,1-2H3,(H3,13,14). The summed E-state index contributed by atoms with van der Waals surface area (Å²) in [5.74, 6) is 1.80. The van der Waals surface area contributed by atoms with Gasteiger partial charge in [0, 0.05) is 12.7 Å². The van der Waals surface area contributed by atoms with E-state index in [1.165, 1.54) is 11.8 Å². The molecule has 7 heteroatoms. The van der Waals surface area contributed by atoms with Gasteiger partial charge in [-0.25, -0.2) is 0 Å². The van der Waals surface area contributed by atoms with Gasteiger partial charge in [0.2, 0.25) is 5.89 Å². The summed E-state index contributed by atoms with van der Waals surface area (Å²) in [6, 6.07) is 5.53. The number of nitrogens with one attached hydrogen (secondary N) is 1. The third kappa shape index (κ3) is 3.25. The molecule has 2 rings (SSSR count). The molecule has 19 heavy (non-hydrogen) atoms. The van der Waals surface area contributed by atoms with Crippen LogP contribution < -0.4 is 10.5 Å². The molecule has 0 aliphatic rings. The maximum Gasteiger partial charge on any atom is 0.276 e. The molecule has 0 amide bonds. The number of aryl methyl sites for hydroxylation is 1. The first-order valence-corrected chi connectivity index (χ1v) is 6.53. The maximum absolute atomic E-state index is 7.45. The summed E-state index contributed by atoms with van der Waals surface area (Å²) in [5.41, 5.74) is 7.09. The summed E-state index contributed by atoms with van der Waals surface area (Å²) in [7, 11) is 1.56. The van der Waals surface area contributed by atoms with Gasteiger partial charge < -0.3 is 14.9 Å². The summed E-state index contributed by atoms with van der Waals surface area (Å²) in [5, 5.41) is 15.7. The van der Waals surface area contributed by atoms with Crippen LogP contribution in [0, 0.1) is 12.3 Å². The Labute approximate surface area is 114 Å². The van der Waals surface area contributed by atoms with Crippen molar-refractivity contribution in [1.29, 1.82) is 5.41 Å². The first kappa shape index (κ1) is 13.4. The molecule has 1 heterocycles. The summed E-state index contributed by atoms with van der Waals surface area (Å²) in [6.45, 7) is 1.75. The molecule has 0 saturated heterocycles. The van der Waals surface area contributed by atoms with Gasteiger partial charge in [0.25, 0.3) is 5.22 Å². The molecule has 1 aromatic heterocycles. The van der Waals surface area contributed by atoms with Gasteiger partial charge >= 0.3 is 0 Å². The lowest BCUT2D eigenvalue weighted by atomic mass is 10.1. The zero-order chi connectivity index (χ0) is 13.8. The summed E-state index contributed by atoms with van der Waals surface area (Å²) >= 11 is 1.45. The highest BCUT2D eigenvalue weighted by Crippen LogP contribution is 2.25. The van der Waals surface area contributed by atoms with Crippen molar-refractivity contribution in [3.8, 4) is 5.75 Å². The van der Waals surface area contributed by atoms with Crippen LogP contribution in [0.2, 0.25) is 0 Å². The Morgan fingerprint density at radius 3 is 2.84 bits per heavy atom. The Hall–Kier alpha value is -2.02. The molecule has 0 spiro atoms. The lowest BCUT2D eigenvalue weighted by molar-refractivity contribution is 0.413. The normalized spacial score (nSPS) is 10.4. The molecule has 100 valence electrons. The molecule has 0 bridgehead atoms. The number of hydrogen-bond donors (Lipinski definition) is 2. The predicted molar refractivity (Wildman–Crippen MR) is 72.6 cm³/mol. The first-order chi connectivity index (χ1) is 9.10. The van der Waals surface area contributed by atoms with Gasteiger partial charge in [-0.3, -0.25) is 5.41 Å². The fourth-order valence-electron chi connectivity index (χ4n) is 1.53. The van der Waals surface area contributed by atoms with Crippen LogP contribution in [0.1, 0.15) is 17.0 Å². The van der Waals surface area contributed by atoms with Gasteiger partial charge in [0.15, 0.2) is 0 Å². The molecule has 1 aromatic carbocycles. The fourth-order valence-corrected chi connectivity index (χ4v) is 2.28. The number of aromatic nitrogens is 2. The highest BCUT2D eigenvalue weighted by Gasteiger charge is 2.09. The van der Waals surface area contributed by atoms with Gasteiger partial charge in [-0.1, -0.05) is 17.8 Å². The van der Waals surface area contributed by atoms with Crippen LogP contribution in [0.5, 0.6) is 5.75 Å². The van der Waals surface area contributed by atoms with Crippen molar-refractivity contribution >= 4 is 17.6 Å². The monoisotopic (exact) mass is 278 g/mol. The minimum atomic E-state index is -0.0106. The fraction of sp³-hybridized carbons (Fsp3) is 0.250. The Balaban J connectivity index is 2.11. The number of nitrogens with zero attached hydrogens (tertiary/aromatic N) is 2. The van der Waals surface area contributed by atoms with E-state index in [-0.39, 0.29) is 5.84 Å². The van der Waals surface area contributed by atoms with E-state index in [2.05, 4.69) is 10.2 Å². The topological polar surface area (TPSA) is 98.0 Å². The van der Waals surface area contributed by atoms with Crippen molar-refractivity contribution < 1.29 is 9.15 Å². The van der Waals surface area contributed by atoms with Crippen LogP contribution in [0.15, 0.2) is 27.8 Å². The van der Waals surface area contributed by atoms with Crippen molar-refractivity contribution in [3.05, 3.63) is 35.2 Å². The average Bonchev–Trinajstić information content (AvgIpc) is 2.81. The number of thioether (sulfide) groups is 1. The number of amidine groups is 1. The van der Waals surface area contributed by atoms with E-state index in [9.17, 15) is 0 Å². The van der Waals surface area contributed by atoms with Crippen LogP contribution in [0.4, 0.5) is 0 Å². The highest BCUT2D eigenvalue weighted by molar-refractivity contribution is 7.98. The van der Waals surface area contributed by atoms with Crippen LogP contribution in [-0.2, 0) is 5.75 Å². The van der Waals surface area contributed by atoms with E-state index in [1.807, 2.05) is 12.1 Å². The molecule has 0 saturated carbocycles. The van der Waals surface area contributed by atoms with Crippen molar-refractivity contribution in [2.75, 3.05) is 7.11 Å². The molecule has 0 aliphatic heterocycles. The quantitative estimate of drug-likeness (QED) is 0.493. The molecule has 0 atom stereocenters. The zero-order valence-electron chi connectivity index (χ0n) is 10.6. The Morgan fingerprint density at radius 2 is 2.26 bits per heavy atom. The van der Waals surface area contributed by atoms with E-state index in [0.29, 0.717) is 28.2 Å². The smallest absolute Gasteiger partial charge is 0.276 e. The Kier molecular flexibility index (Phi) is 4.06. The molecule has 0 unspecified atom stereocenters. The first-order valence-electron chi connectivity index (χ1n) is 5.54. The second-order valence-corrected chi connectivity index (χ2v) is 4.75. The number of nitrogen functional groups attached to an aromatic ring is 1.